The normalized spacial score (nSPS) is 9.33. The van der Waals surface area contributed by atoms with E-state index in [-0.39, 0.29) is 5.24 Å². The quantitative estimate of drug-likeness (QED) is 0.789. The Kier molecular flexibility index (Phi) is 4.64. The van der Waals surface area contributed by atoms with E-state index in [4.69, 9.17) is 5.26 Å². The van der Waals surface area contributed by atoms with Gasteiger partial charge in [-0.05, 0) is 11.6 Å². The van der Waals surface area contributed by atoms with Crippen molar-refractivity contribution in [2.45, 2.75) is 13.0 Å². The number of nitriles is 1. The lowest BCUT2D eigenvalue weighted by Crippen LogP contribution is -2.26. The van der Waals surface area contributed by atoms with Gasteiger partial charge in [0.25, 0.3) is 5.24 Å². The van der Waals surface area contributed by atoms with Gasteiger partial charge in [0.15, 0.2) is 0 Å². The fourth-order valence-electron chi connectivity index (χ4n) is 1.14. The molecule has 0 saturated carbocycles. The second-order valence-corrected chi connectivity index (χ2v) is 3.36. The topological polar surface area (TPSA) is 57.0 Å². The molecule has 4 nitrogen and oxygen atoms in total. The summed E-state index contributed by atoms with van der Waals surface area (Å²) in [5, 5.41) is 8.11. The van der Waals surface area contributed by atoms with Crippen molar-refractivity contribution in [3.05, 3.63) is 30.1 Å². The van der Waals surface area contributed by atoms with Crippen molar-refractivity contribution in [2.24, 2.45) is 0 Å². The molecule has 0 radical (unpaired) electrons. The van der Waals surface area contributed by atoms with E-state index >= 15 is 0 Å². The predicted octanol–water partition coefficient (Wildman–Crippen LogP) is 1.85. The van der Waals surface area contributed by atoms with E-state index in [9.17, 15) is 4.79 Å². The van der Waals surface area contributed by atoms with Crippen molar-refractivity contribution >= 4 is 17.9 Å². The van der Waals surface area contributed by atoms with Gasteiger partial charge in [-0.2, -0.15) is 5.26 Å². The molecule has 0 aliphatic heterocycles. The summed E-state index contributed by atoms with van der Waals surface area (Å²) in [4.78, 5) is 16.6. The number of nitrogens with zero attached hydrogens (tertiary/aromatic N) is 3. The standard InChI is InChI=1S/C10H11N3OS/c11-4-2-6-13(10(14)15)8-9-3-1-5-12-7-9/h1,3,5,7H,2,6,8H2,(H,14,15). The van der Waals surface area contributed by atoms with E-state index in [0.717, 1.165) is 5.56 Å². The lowest BCUT2D eigenvalue weighted by Gasteiger charge is -2.18. The largest absolute Gasteiger partial charge is 0.328 e. The van der Waals surface area contributed by atoms with Crippen LogP contribution in [0.25, 0.3) is 0 Å². The summed E-state index contributed by atoms with van der Waals surface area (Å²) in [7, 11) is 0. The maximum Gasteiger partial charge on any atom is 0.278 e. The Morgan fingerprint density at radius 1 is 1.67 bits per heavy atom. The average molecular weight is 221 g/mol. The number of amides is 1. The summed E-state index contributed by atoms with van der Waals surface area (Å²) in [6.07, 6.45) is 3.67. The second-order valence-electron chi connectivity index (χ2n) is 2.97. The maximum absolute atomic E-state index is 11.1. The predicted molar refractivity (Wildman–Crippen MR) is 59.3 cm³/mol. The number of rotatable bonds is 4. The second kappa shape index (κ2) is 6.04. The van der Waals surface area contributed by atoms with Gasteiger partial charge in [-0.25, -0.2) is 0 Å². The number of aromatic nitrogens is 1. The fourth-order valence-corrected chi connectivity index (χ4v) is 1.31. The van der Waals surface area contributed by atoms with Crippen LogP contribution in [0.3, 0.4) is 0 Å². The molecule has 1 amide bonds. The first kappa shape index (κ1) is 11.5. The van der Waals surface area contributed by atoms with Crippen LogP contribution < -0.4 is 0 Å². The van der Waals surface area contributed by atoms with Crippen LogP contribution in [-0.2, 0) is 6.54 Å². The Morgan fingerprint density at radius 3 is 3.00 bits per heavy atom. The first-order valence-corrected chi connectivity index (χ1v) is 4.92. The zero-order valence-corrected chi connectivity index (χ0v) is 9.02. The minimum absolute atomic E-state index is 0.312. The van der Waals surface area contributed by atoms with Crippen molar-refractivity contribution in [1.29, 1.82) is 5.26 Å². The number of pyridine rings is 1. The third-order valence-electron chi connectivity index (χ3n) is 1.86. The lowest BCUT2D eigenvalue weighted by atomic mass is 10.2. The minimum atomic E-state index is -0.325. The molecule has 0 N–H and O–H groups in total. The number of hydrogen-bond acceptors (Lipinski definition) is 3. The molecular weight excluding hydrogens is 210 g/mol. The number of hydrogen-bond donors (Lipinski definition) is 1. The molecule has 5 heteroatoms. The van der Waals surface area contributed by atoms with Gasteiger partial charge in [-0.1, -0.05) is 18.7 Å². The van der Waals surface area contributed by atoms with Crippen molar-refractivity contribution in [1.82, 2.24) is 9.88 Å². The highest BCUT2D eigenvalue weighted by Gasteiger charge is 2.09. The minimum Gasteiger partial charge on any atom is -0.328 e. The lowest BCUT2D eigenvalue weighted by molar-refractivity contribution is 0.222. The van der Waals surface area contributed by atoms with Gasteiger partial charge >= 0.3 is 0 Å². The molecule has 1 aromatic rings. The van der Waals surface area contributed by atoms with E-state index < -0.39 is 0 Å². The molecule has 0 aliphatic rings. The summed E-state index contributed by atoms with van der Waals surface area (Å²) >= 11 is 3.75. The smallest absolute Gasteiger partial charge is 0.278 e. The van der Waals surface area contributed by atoms with Crippen molar-refractivity contribution in [2.75, 3.05) is 6.54 Å². The monoisotopic (exact) mass is 221 g/mol. The summed E-state index contributed by atoms with van der Waals surface area (Å²) in [5.41, 5.74) is 0.929. The zero-order valence-electron chi connectivity index (χ0n) is 8.13. The van der Waals surface area contributed by atoms with E-state index in [0.29, 0.717) is 19.5 Å². The molecule has 1 heterocycles. The Hall–Kier alpha value is -1.54. The van der Waals surface area contributed by atoms with Crippen molar-refractivity contribution in [3.63, 3.8) is 0 Å². The molecule has 0 spiro atoms. The number of thiol groups is 1. The van der Waals surface area contributed by atoms with Crippen LogP contribution in [0.2, 0.25) is 0 Å². The molecule has 1 rings (SSSR count). The molecule has 0 aliphatic carbocycles. The van der Waals surface area contributed by atoms with Gasteiger partial charge in [-0.3, -0.25) is 9.78 Å². The number of carbonyl (C=O) groups excluding carboxylic acids is 1. The van der Waals surface area contributed by atoms with Gasteiger partial charge in [0.1, 0.15) is 0 Å². The molecule has 0 unspecified atom stereocenters. The van der Waals surface area contributed by atoms with E-state index in [1.165, 1.54) is 4.90 Å². The Bertz CT molecular complexity index is 361. The van der Waals surface area contributed by atoms with E-state index in [1.807, 2.05) is 12.1 Å². The highest BCUT2D eigenvalue weighted by molar-refractivity contribution is 7.96. The third kappa shape index (κ3) is 4.00. The Balaban J connectivity index is 2.60. The molecule has 0 bridgehead atoms. The van der Waals surface area contributed by atoms with Gasteiger partial charge in [0, 0.05) is 25.5 Å². The van der Waals surface area contributed by atoms with Gasteiger partial charge in [0.05, 0.1) is 12.5 Å². The molecule has 0 atom stereocenters. The SMILES string of the molecule is N#CCCN(Cc1cccnc1)C(=O)S. The first-order valence-electron chi connectivity index (χ1n) is 4.47. The van der Waals surface area contributed by atoms with Gasteiger partial charge < -0.3 is 4.90 Å². The van der Waals surface area contributed by atoms with Gasteiger partial charge in [-0.15, -0.1) is 0 Å². The average Bonchev–Trinajstić information content (AvgIpc) is 2.25. The zero-order chi connectivity index (χ0) is 11.1. The van der Waals surface area contributed by atoms with Gasteiger partial charge in [0.2, 0.25) is 0 Å². The van der Waals surface area contributed by atoms with Crippen LogP contribution in [0.4, 0.5) is 4.79 Å². The Morgan fingerprint density at radius 2 is 2.47 bits per heavy atom. The highest BCUT2D eigenvalue weighted by atomic mass is 32.1. The summed E-state index contributed by atoms with van der Waals surface area (Å²) in [5.74, 6) is 0. The van der Waals surface area contributed by atoms with Crippen molar-refractivity contribution < 1.29 is 4.79 Å². The number of carbonyl (C=O) groups is 1. The van der Waals surface area contributed by atoms with Crippen LogP contribution in [0.5, 0.6) is 0 Å². The molecule has 15 heavy (non-hydrogen) atoms. The van der Waals surface area contributed by atoms with Crippen molar-refractivity contribution in [3.8, 4) is 6.07 Å². The maximum atomic E-state index is 11.1. The fraction of sp³-hybridized carbons (Fsp3) is 0.300. The molecule has 0 saturated heterocycles. The molecule has 78 valence electrons. The summed E-state index contributed by atoms with van der Waals surface area (Å²) < 4.78 is 0. The summed E-state index contributed by atoms with van der Waals surface area (Å²) in [6, 6.07) is 5.68. The van der Waals surface area contributed by atoms with E-state index in [1.54, 1.807) is 18.5 Å². The summed E-state index contributed by atoms with van der Waals surface area (Å²) in [6.45, 7) is 0.839. The molecule has 0 aromatic carbocycles. The highest BCUT2D eigenvalue weighted by Crippen LogP contribution is 2.06. The third-order valence-corrected chi connectivity index (χ3v) is 2.14. The Labute approximate surface area is 93.9 Å². The van der Waals surface area contributed by atoms with Crippen LogP contribution >= 0.6 is 12.6 Å². The molecular formula is C10H11N3OS. The van der Waals surface area contributed by atoms with Crippen LogP contribution in [0.1, 0.15) is 12.0 Å². The molecule has 1 aromatic heterocycles. The molecule has 0 fully saturated rings. The van der Waals surface area contributed by atoms with E-state index in [2.05, 4.69) is 17.6 Å². The van der Waals surface area contributed by atoms with Crippen LogP contribution in [0.15, 0.2) is 24.5 Å². The van der Waals surface area contributed by atoms with Crippen LogP contribution in [0, 0.1) is 11.3 Å². The van der Waals surface area contributed by atoms with Crippen LogP contribution in [-0.4, -0.2) is 21.7 Å². The first-order chi connectivity index (χ1) is 7.24.